The number of carbonyl (C=O) groups excluding carboxylic acids is 1. The molecule has 1 fully saturated rings. The highest BCUT2D eigenvalue weighted by molar-refractivity contribution is 5.78. The van der Waals surface area contributed by atoms with Gasteiger partial charge in [-0.2, -0.15) is 0 Å². The van der Waals surface area contributed by atoms with Crippen molar-refractivity contribution in [1.82, 2.24) is 10.2 Å². The van der Waals surface area contributed by atoms with Gasteiger partial charge in [-0.1, -0.05) is 12.1 Å². The molecule has 1 amide bonds. The Bertz CT molecular complexity index is 457. The zero-order chi connectivity index (χ0) is 15.1. The van der Waals surface area contributed by atoms with Gasteiger partial charge in [-0.15, -0.1) is 0 Å². The Morgan fingerprint density at radius 3 is 2.86 bits per heavy atom. The zero-order valence-corrected chi connectivity index (χ0v) is 12.5. The summed E-state index contributed by atoms with van der Waals surface area (Å²) < 4.78 is 5.34. The first-order chi connectivity index (χ1) is 10.2. The average molecular weight is 292 g/mol. The average Bonchev–Trinajstić information content (AvgIpc) is 2.48. The molecule has 0 atom stereocenters. The normalized spacial score (nSPS) is 16.8. The quantitative estimate of drug-likeness (QED) is 0.826. The van der Waals surface area contributed by atoms with E-state index in [0.717, 1.165) is 38.0 Å². The molecule has 1 aliphatic rings. The minimum Gasteiger partial charge on any atom is -0.508 e. The second-order valence-electron chi connectivity index (χ2n) is 5.47. The van der Waals surface area contributed by atoms with Crippen molar-refractivity contribution in [1.29, 1.82) is 0 Å². The smallest absolute Gasteiger partial charge is 0.224 e. The largest absolute Gasteiger partial charge is 0.508 e. The van der Waals surface area contributed by atoms with E-state index < -0.39 is 0 Å². The number of rotatable bonds is 6. The number of benzene rings is 1. The number of ether oxygens (including phenoxy) is 1. The van der Waals surface area contributed by atoms with Crippen LogP contribution in [0.3, 0.4) is 0 Å². The molecule has 1 aliphatic heterocycles. The number of likely N-dealkylation sites (tertiary alicyclic amines) is 1. The maximum atomic E-state index is 11.8. The van der Waals surface area contributed by atoms with Gasteiger partial charge in [0.2, 0.25) is 5.91 Å². The molecule has 5 heteroatoms. The van der Waals surface area contributed by atoms with Crippen LogP contribution >= 0.6 is 0 Å². The summed E-state index contributed by atoms with van der Waals surface area (Å²) >= 11 is 0. The highest BCUT2D eigenvalue weighted by Gasteiger charge is 2.18. The molecule has 2 rings (SSSR count). The van der Waals surface area contributed by atoms with Crippen LogP contribution in [-0.2, 0) is 16.0 Å². The SMILES string of the molecule is COC1CCN(CCNC(=O)Cc2cccc(O)c2)CC1. The van der Waals surface area contributed by atoms with Gasteiger partial charge < -0.3 is 20.1 Å². The molecular formula is C16H24N2O3. The fourth-order valence-electron chi connectivity index (χ4n) is 2.64. The third-order valence-corrected chi connectivity index (χ3v) is 3.89. The van der Waals surface area contributed by atoms with Gasteiger partial charge in [-0.05, 0) is 30.5 Å². The lowest BCUT2D eigenvalue weighted by Crippen LogP contribution is -2.41. The van der Waals surface area contributed by atoms with E-state index in [1.54, 1.807) is 25.3 Å². The number of nitrogens with one attached hydrogen (secondary N) is 1. The lowest BCUT2D eigenvalue weighted by molar-refractivity contribution is -0.120. The Balaban J connectivity index is 1.63. The Morgan fingerprint density at radius 2 is 2.19 bits per heavy atom. The van der Waals surface area contributed by atoms with Gasteiger partial charge >= 0.3 is 0 Å². The predicted octanol–water partition coefficient (Wildman–Crippen LogP) is 1.16. The van der Waals surface area contributed by atoms with Crippen LogP contribution in [0.15, 0.2) is 24.3 Å². The molecule has 1 heterocycles. The summed E-state index contributed by atoms with van der Waals surface area (Å²) in [6, 6.07) is 6.81. The van der Waals surface area contributed by atoms with E-state index in [4.69, 9.17) is 4.74 Å². The molecule has 21 heavy (non-hydrogen) atoms. The molecule has 0 bridgehead atoms. The number of aromatic hydroxyl groups is 1. The van der Waals surface area contributed by atoms with Gasteiger partial charge in [-0.3, -0.25) is 4.79 Å². The van der Waals surface area contributed by atoms with Crippen LogP contribution < -0.4 is 5.32 Å². The number of phenolic OH excluding ortho intramolecular Hbond substituents is 1. The molecule has 0 saturated carbocycles. The topological polar surface area (TPSA) is 61.8 Å². The van der Waals surface area contributed by atoms with Crippen LogP contribution in [0.5, 0.6) is 5.75 Å². The van der Waals surface area contributed by atoms with Crippen LogP contribution in [-0.4, -0.2) is 55.3 Å². The molecule has 116 valence electrons. The lowest BCUT2D eigenvalue weighted by atomic mass is 10.1. The number of carbonyl (C=O) groups is 1. The summed E-state index contributed by atoms with van der Waals surface area (Å²) in [5, 5.41) is 12.3. The van der Waals surface area contributed by atoms with Gasteiger partial charge in [0.1, 0.15) is 5.75 Å². The summed E-state index contributed by atoms with van der Waals surface area (Å²) in [7, 11) is 1.77. The van der Waals surface area contributed by atoms with Crippen molar-refractivity contribution < 1.29 is 14.6 Å². The summed E-state index contributed by atoms with van der Waals surface area (Å²) in [5.41, 5.74) is 0.827. The Labute approximate surface area is 125 Å². The second kappa shape index (κ2) is 8.00. The lowest BCUT2D eigenvalue weighted by Gasteiger charge is -2.31. The van der Waals surface area contributed by atoms with Crippen LogP contribution in [0, 0.1) is 0 Å². The number of piperidine rings is 1. The molecule has 5 nitrogen and oxygen atoms in total. The van der Waals surface area contributed by atoms with E-state index in [-0.39, 0.29) is 11.7 Å². The third-order valence-electron chi connectivity index (χ3n) is 3.89. The summed E-state index contributed by atoms with van der Waals surface area (Å²) in [5.74, 6) is 0.189. The second-order valence-corrected chi connectivity index (χ2v) is 5.47. The number of hydrogen-bond acceptors (Lipinski definition) is 4. The maximum absolute atomic E-state index is 11.8. The van der Waals surface area contributed by atoms with Crippen LogP contribution in [0.1, 0.15) is 18.4 Å². The fraction of sp³-hybridized carbons (Fsp3) is 0.562. The fourth-order valence-corrected chi connectivity index (χ4v) is 2.64. The summed E-state index contributed by atoms with van der Waals surface area (Å²) in [4.78, 5) is 14.2. The van der Waals surface area contributed by atoms with E-state index in [2.05, 4.69) is 10.2 Å². The Hall–Kier alpha value is -1.59. The highest BCUT2D eigenvalue weighted by atomic mass is 16.5. The maximum Gasteiger partial charge on any atom is 0.224 e. The van der Waals surface area contributed by atoms with Gasteiger partial charge in [0, 0.05) is 33.3 Å². The summed E-state index contributed by atoms with van der Waals surface area (Å²) in [6.07, 6.45) is 2.82. The van der Waals surface area contributed by atoms with E-state index >= 15 is 0 Å². The molecule has 0 unspecified atom stereocenters. The summed E-state index contributed by atoms with van der Waals surface area (Å²) in [6.45, 7) is 3.60. The molecule has 0 spiro atoms. The monoisotopic (exact) mass is 292 g/mol. The van der Waals surface area contributed by atoms with Gasteiger partial charge in [0.15, 0.2) is 0 Å². The number of phenols is 1. The van der Waals surface area contributed by atoms with E-state index in [0.29, 0.717) is 19.1 Å². The molecular weight excluding hydrogens is 268 g/mol. The first-order valence-electron chi connectivity index (χ1n) is 7.47. The number of amides is 1. The number of methoxy groups -OCH3 is 1. The minimum absolute atomic E-state index is 0.00706. The van der Waals surface area contributed by atoms with Gasteiger partial charge in [-0.25, -0.2) is 0 Å². The first-order valence-corrected chi connectivity index (χ1v) is 7.47. The molecule has 1 aromatic carbocycles. The van der Waals surface area contributed by atoms with Crippen molar-refractivity contribution in [3.63, 3.8) is 0 Å². The van der Waals surface area contributed by atoms with Crippen LogP contribution in [0.25, 0.3) is 0 Å². The number of nitrogens with zero attached hydrogens (tertiary/aromatic N) is 1. The highest BCUT2D eigenvalue weighted by Crippen LogP contribution is 2.12. The predicted molar refractivity (Wildman–Crippen MR) is 81.3 cm³/mol. The molecule has 2 N–H and O–H groups in total. The van der Waals surface area contributed by atoms with E-state index in [1.807, 2.05) is 6.07 Å². The number of hydrogen-bond donors (Lipinski definition) is 2. The van der Waals surface area contributed by atoms with Crippen molar-refractivity contribution >= 4 is 5.91 Å². The van der Waals surface area contributed by atoms with Gasteiger partial charge in [0.05, 0.1) is 12.5 Å². The molecule has 0 aromatic heterocycles. The minimum atomic E-state index is -0.00706. The van der Waals surface area contributed by atoms with Crippen molar-refractivity contribution in [3.8, 4) is 5.75 Å². The zero-order valence-electron chi connectivity index (χ0n) is 12.5. The standard InChI is InChI=1S/C16H24N2O3/c1-21-15-5-8-18(9-6-15)10-7-17-16(20)12-13-3-2-4-14(19)11-13/h2-4,11,15,19H,5-10,12H2,1H3,(H,17,20). The van der Waals surface area contributed by atoms with Crippen molar-refractivity contribution in [2.24, 2.45) is 0 Å². The van der Waals surface area contributed by atoms with Crippen molar-refractivity contribution in [2.45, 2.75) is 25.4 Å². The third kappa shape index (κ3) is 5.36. The molecule has 0 aliphatic carbocycles. The molecule has 0 radical (unpaired) electrons. The molecule has 1 saturated heterocycles. The van der Waals surface area contributed by atoms with Crippen LogP contribution in [0.2, 0.25) is 0 Å². The Morgan fingerprint density at radius 1 is 1.43 bits per heavy atom. The van der Waals surface area contributed by atoms with Crippen molar-refractivity contribution in [3.05, 3.63) is 29.8 Å². The van der Waals surface area contributed by atoms with E-state index in [9.17, 15) is 9.90 Å². The van der Waals surface area contributed by atoms with E-state index in [1.165, 1.54) is 0 Å². The van der Waals surface area contributed by atoms with Crippen LogP contribution in [0.4, 0.5) is 0 Å². The molecule has 1 aromatic rings. The Kier molecular flexibility index (Phi) is 6.02. The first kappa shape index (κ1) is 15.8. The van der Waals surface area contributed by atoms with Crippen molar-refractivity contribution in [2.75, 3.05) is 33.3 Å². The van der Waals surface area contributed by atoms with Gasteiger partial charge in [0.25, 0.3) is 0 Å².